The molecule has 140 valence electrons. The van der Waals surface area contributed by atoms with Gasteiger partial charge in [0.2, 0.25) is 10.0 Å². The molecule has 2 rings (SSSR count). The minimum Gasteiger partial charge on any atom is -0.497 e. The third kappa shape index (κ3) is 4.50. The second-order valence-electron chi connectivity index (χ2n) is 5.44. The summed E-state index contributed by atoms with van der Waals surface area (Å²) >= 11 is 0. The van der Waals surface area contributed by atoms with E-state index in [-0.39, 0.29) is 5.75 Å². The molecule has 26 heavy (non-hydrogen) atoms. The van der Waals surface area contributed by atoms with Crippen LogP contribution in [0.1, 0.15) is 25.5 Å². The highest BCUT2D eigenvalue weighted by atomic mass is 32.2. The van der Waals surface area contributed by atoms with Crippen LogP contribution < -0.4 is 14.2 Å². The predicted octanol–water partition coefficient (Wildman–Crippen LogP) is 3.04. The van der Waals surface area contributed by atoms with Gasteiger partial charge in [0.05, 0.1) is 24.7 Å². The highest BCUT2D eigenvalue weighted by Crippen LogP contribution is 2.29. The molecule has 0 spiro atoms. The van der Waals surface area contributed by atoms with Crippen molar-refractivity contribution in [1.29, 1.82) is 0 Å². The Hall–Kier alpha value is -2.65. The first kappa shape index (κ1) is 19.7. The summed E-state index contributed by atoms with van der Waals surface area (Å²) in [6.45, 7) is 4.05. The quantitative estimate of drug-likeness (QED) is 0.557. The smallest absolute Gasteiger partial charge is 0.293 e. The van der Waals surface area contributed by atoms with Crippen molar-refractivity contribution in [1.82, 2.24) is 4.72 Å². The number of nitrogens with one attached hydrogen (secondary N) is 1. The van der Waals surface area contributed by atoms with Gasteiger partial charge in [0.15, 0.2) is 4.90 Å². The largest absolute Gasteiger partial charge is 0.497 e. The fraction of sp³-hybridized carbons (Fsp3) is 0.294. The molecule has 0 aliphatic heterocycles. The fourth-order valence-electron chi connectivity index (χ4n) is 2.38. The highest BCUT2D eigenvalue weighted by molar-refractivity contribution is 7.89. The first-order chi connectivity index (χ1) is 12.3. The van der Waals surface area contributed by atoms with Crippen molar-refractivity contribution in [2.24, 2.45) is 0 Å². The predicted molar refractivity (Wildman–Crippen MR) is 96.0 cm³/mol. The molecular weight excluding hydrogens is 360 g/mol. The third-order valence-electron chi connectivity index (χ3n) is 3.68. The van der Waals surface area contributed by atoms with Crippen LogP contribution >= 0.6 is 0 Å². The molecule has 2 aromatic carbocycles. The van der Waals surface area contributed by atoms with Crippen LogP contribution in [0.15, 0.2) is 47.4 Å². The van der Waals surface area contributed by atoms with Gasteiger partial charge in [0.1, 0.15) is 11.5 Å². The highest BCUT2D eigenvalue weighted by Gasteiger charge is 2.28. The molecule has 1 N–H and O–H groups in total. The summed E-state index contributed by atoms with van der Waals surface area (Å²) in [7, 11) is -2.76. The minimum absolute atomic E-state index is 0.204. The lowest BCUT2D eigenvalue weighted by atomic mass is 10.1. The molecule has 1 unspecified atom stereocenters. The molecule has 0 heterocycles. The van der Waals surface area contributed by atoms with Crippen molar-refractivity contribution in [2.75, 3.05) is 13.7 Å². The lowest BCUT2D eigenvalue weighted by Gasteiger charge is -2.15. The van der Waals surface area contributed by atoms with E-state index in [4.69, 9.17) is 9.47 Å². The first-order valence-corrected chi connectivity index (χ1v) is 9.34. The molecule has 0 radical (unpaired) electrons. The standard InChI is InChI=1S/C17H20N2O6S/c1-4-25-14-7-5-13(6-8-14)12(2)18-26(22,23)17-10-9-15(24-3)11-16(17)19(20)21/h5-12,18H,4H2,1-3H3. The van der Waals surface area contributed by atoms with E-state index in [1.54, 1.807) is 31.2 Å². The van der Waals surface area contributed by atoms with E-state index in [2.05, 4.69) is 4.72 Å². The van der Waals surface area contributed by atoms with Gasteiger partial charge in [0.25, 0.3) is 5.69 Å². The van der Waals surface area contributed by atoms with E-state index in [1.165, 1.54) is 13.2 Å². The Bertz CT molecular complexity index is 881. The average molecular weight is 380 g/mol. The summed E-state index contributed by atoms with van der Waals surface area (Å²) in [4.78, 5) is 10.1. The lowest BCUT2D eigenvalue weighted by Crippen LogP contribution is -2.27. The number of nitro benzene ring substituents is 1. The summed E-state index contributed by atoms with van der Waals surface area (Å²) in [5.41, 5.74) is 0.156. The molecule has 8 nitrogen and oxygen atoms in total. The van der Waals surface area contributed by atoms with E-state index in [0.29, 0.717) is 17.9 Å². The van der Waals surface area contributed by atoms with Crippen molar-refractivity contribution in [3.05, 3.63) is 58.1 Å². The van der Waals surface area contributed by atoms with Crippen LogP contribution in [0, 0.1) is 10.1 Å². The summed E-state index contributed by atoms with van der Waals surface area (Å²) in [6.07, 6.45) is 0. The fourth-order valence-corrected chi connectivity index (χ4v) is 3.76. The first-order valence-electron chi connectivity index (χ1n) is 7.86. The van der Waals surface area contributed by atoms with Gasteiger partial charge < -0.3 is 9.47 Å². The van der Waals surface area contributed by atoms with Crippen LogP contribution in [0.4, 0.5) is 5.69 Å². The topological polar surface area (TPSA) is 108 Å². The van der Waals surface area contributed by atoms with E-state index in [1.807, 2.05) is 6.92 Å². The van der Waals surface area contributed by atoms with E-state index in [9.17, 15) is 18.5 Å². The Morgan fingerprint density at radius 1 is 1.15 bits per heavy atom. The monoisotopic (exact) mass is 380 g/mol. The molecule has 1 atom stereocenters. The van der Waals surface area contributed by atoms with E-state index >= 15 is 0 Å². The van der Waals surface area contributed by atoms with Crippen LogP contribution in [0.5, 0.6) is 11.5 Å². The molecule has 0 saturated carbocycles. The van der Waals surface area contributed by atoms with Gasteiger partial charge in [0, 0.05) is 6.04 Å². The maximum atomic E-state index is 12.6. The molecular formula is C17H20N2O6S. The van der Waals surface area contributed by atoms with Crippen LogP contribution in [0.25, 0.3) is 0 Å². The lowest BCUT2D eigenvalue weighted by molar-refractivity contribution is -0.387. The number of hydrogen-bond donors (Lipinski definition) is 1. The van der Waals surface area contributed by atoms with Crippen molar-refractivity contribution >= 4 is 15.7 Å². The summed E-state index contributed by atoms with van der Waals surface area (Å²) in [6, 6.07) is 9.96. The number of sulfonamides is 1. The van der Waals surface area contributed by atoms with Crippen molar-refractivity contribution in [2.45, 2.75) is 24.8 Å². The Morgan fingerprint density at radius 3 is 2.31 bits per heavy atom. The zero-order chi connectivity index (χ0) is 19.3. The number of nitrogens with zero attached hydrogens (tertiary/aromatic N) is 1. The molecule has 9 heteroatoms. The number of hydrogen-bond acceptors (Lipinski definition) is 6. The van der Waals surface area contributed by atoms with Gasteiger partial charge in [-0.25, -0.2) is 13.1 Å². The van der Waals surface area contributed by atoms with Crippen molar-refractivity contribution in [3.63, 3.8) is 0 Å². The van der Waals surface area contributed by atoms with Crippen molar-refractivity contribution in [3.8, 4) is 11.5 Å². The zero-order valence-electron chi connectivity index (χ0n) is 14.6. The van der Waals surface area contributed by atoms with Gasteiger partial charge in [-0.2, -0.15) is 0 Å². The molecule has 0 amide bonds. The SMILES string of the molecule is CCOc1ccc(C(C)NS(=O)(=O)c2ccc(OC)cc2[N+](=O)[O-])cc1. The number of benzene rings is 2. The number of ether oxygens (including phenoxy) is 2. The molecule has 2 aromatic rings. The van der Waals surface area contributed by atoms with Gasteiger partial charge in [-0.15, -0.1) is 0 Å². The summed E-state index contributed by atoms with van der Waals surface area (Å²) in [5.74, 6) is 0.882. The van der Waals surface area contributed by atoms with E-state index in [0.717, 1.165) is 12.1 Å². The molecule has 0 bridgehead atoms. The second kappa shape index (κ2) is 8.15. The maximum absolute atomic E-state index is 12.6. The minimum atomic E-state index is -4.11. The molecule has 0 aliphatic rings. The maximum Gasteiger partial charge on any atom is 0.293 e. The molecule has 0 saturated heterocycles. The number of methoxy groups -OCH3 is 1. The Morgan fingerprint density at radius 2 is 1.77 bits per heavy atom. The third-order valence-corrected chi connectivity index (χ3v) is 5.26. The van der Waals surface area contributed by atoms with Gasteiger partial charge in [-0.05, 0) is 43.7 Å². The van der Waals surface area contributed by atoms with Crippen LogP contribution in [-0.2, 0) is 10.0 Å². The molecule has 0 aliphatic carbocycles. The van der Waals surface area contributed by atoms with Crippen molar-refractivity contribution < 1.29 is 22.8 Å². The van der Waals surface area contributed by atoms with Gasteiger partial charge in [-0.3, -0.25) is 10.1 Å². The van der Waals surface area contributed by atoms with Gasteiger partial charge in [-0.1, -0.05) is 12.1 Å². The normalized spacial score (nSPS) is 12.4. The van der Waals surface area contributed by atoms with Crippen LogP contribution in [0.2, 0.25) is 0 Å². The Kier molecular flexibility index (Phi) is 6.17. The summed E-state index contributed by atoms with van der Waals surface area (Å²) in [5, 5.41) is 11.2. The number of nitro groups is 1. The molecule has 0 fully saturated rings. The Labute approximate surface area is 152 Å². The molecule has 0 aromatic heterocycles. The Balaban J connectivity index is 2.29. The zero-order valence-corrected chi connectivity index (χ0v) is 15.4. The summed E-state index contributed by atoms with van der Waals surface area (Å²) < 4.78 is 38.0. The van der Waals surface area contributed by atoms with Gasteiger partial charge >= 0.3 is 0 Å². The second-order valence-corrected chi connectivity index (χ2v) is 7.12. The van der Waals surface area contributed by atoms with Crippen LogP contribution in [-0.4, -0.2) is 27.1 Å². The number of rotatable bonds is 8. The average Bonchev–Trinajstić information content (AvgIpc) is 2.61. The van der Waals surface area contributed by atoms with E-state index < -0.39 is 31.6 Å². The van der Waals surface area contributed by atoms with Crippen LogP contribution in [0.3, 0.4) is 0 Å².